The van der Waals surface area contributed by atoms with Gasteiger partial charge in [0.1, 0.15) is 0 Å². The first-order valence-electron chi connectivity index (χ1n) is 6.30. The highest BCUT2D eigenvalue weighted by Crippen LogP contribution is 2.13. The quantitative estimate of drug-likeness (QED) is 0.777. The predicted octanol–water partition coefficient (Wildman–Crippen LogP) is 1.85. The summed E-state index contributed by atoms with van der Waals surface area (Å²) in [4.78, 5) is 16.7. The summed E-state index contributed by atoms with van der Waals surface area (Å²) in [5, 5.41) is 0. The molecular weight excluding hydrogens is 212 g/mol. The maximum absolute atomic E-state index is 12.3. The Labute approximate surface area is 103 Å². The van der Waals surface area contributed by atoms with Crippen molar-refractivity contribution in [3.05, 3.63) is 35.9 Å². The third kappa shape index (κ3) is 2.67. The maximum atomic E-state index is 12.3. The molecule has 1 heterocycles. The molecule has 1 aromatic carbocycles. The molecule has 0 N–H and O–H groups in total. The summed E-state index contributed by atoms with van der Waals surface area (Å²) in [5.41, 5.74) is 0.796. The third-order valence-corrected chi connectivity index (χ3v) is 3.44. The minimum atomic E-state index is 0.161. The number of nitrogens with zero attached hydrogens (tertiary/aromatic N) is 2. The molecule has 0 bridgehead atoms. The molecule has 0 aliphatic carbocycles. The van der Waals surface area contributed by atoms with E-state index in [4.69, 9.17) is 0 Å². The molecule has 92 valence electrons. The van der Waals surface area contributed by atoms with E-state index in [0.717, 1.165) is 31.7 Å². The monoisotopic (exact) mass is 232 g/mol. The zero-order chi connectivity index (χ0) is 12.3. The van der Waals surface area contributed by atoms with Crippen LogP contribution in [-0.4, -0.2) is 47.9 Å². The van der Waals surface area contributed by atoms with Crippen LogP contribution in [0.5, 0.6) is 0 Å². The molecule has 1 aromatic rings. The second-order valence-corrected chi connectivity index (χ2v) is 4.61. The number of benzene rings is 1. The molecule has 3 nitrogen and oxygen atoms in total. The molecule has 1 aliphatic rings. The lowest BCUT2D eigenvalue weighted by atomic mass is 10.1. The van der Waals surface area contributed by atoms with Gasteiger partial charge in [0.2, 0.25) is 0 Å². The largest absolute Gasteiger partial charge is 0.333 e. The fourth-order valence-corrected chi connectivity index (χ4v) is 2.37. The van der Waals surface area contributed by atoms with Gasteiger partial charge < -0.3 is 4.90 Å². The zero-order valence-corrected chi connectivity index (χ0v) is 10.6. The van der Waals surface area contributed by atoms with E-state index in [9.17, 15) is 4.79 Å². The molecule has 0 spiro atoms. The molecular formula is C14H20N2O. The van der Waals surface area contributed by atoms with Crippen LogP contribution in [0.2, 0.25) is 0 Å². The van der Waals surface area contributed by atoms with E-state index in [1.807, 2.05) is 35.2 Å². The molecule has 17 heavy (non-hydrogen) atoms. The Kier molecular flexibility index (Phi) is 3.79. The van der Waals surface area contributed by atoms with Crippen molar-refractivity contribution in [2.45, 2.75) is 19.9 Å². The number of amides is 1. The molecule has 1 saturated heterocycles. The second kappa shape index (κ2) is 5.32. The minimum Gasteiger partial charge on any atom is -0.333 e. The van der Waals surface area contributed by atoms with Crippen molar-refractivity contribution in [1.82, 2.24) is 9.80 Å². The van der Waals surface area contributed by atoms with E-state index in [-0.39, 0.29) is 5.91 Å². The van der Waals surface area contributed by atoms with Crippen molar-refractivity contribution in [2.75, 3.05) is 26.2 Å². The molecule has 1 amide bonds. The lowest BCUT2D eigenvalue weighted by Crippen LogP contribution is -2.53. The molecule has 0 saturated carbocycles. The van der Waals surface area contributed by atoms with Gasteiger partial charge in [0.25, 0.3) is 5.91 Å². The van der Waals surface area contributed by atoms with Gasteiger partial charge in [0.15, 0.2) is 0 Å². The number of likely N-dealkylation sites (N-methyl/N-ethyl adjacent to an activating group) is 1. The van der Waals surface area contributed by atoms with Crippen LogP contribution in [0, 0.1) is 0 Å². The van der Waals surface area contributed by atoms with Gasteiger partial charge in [-0.05, 0) is 25.6 Å². The summed E-state index contributed by atoms with van der Waals surface area (Å²) in [6, 6.07) is 9.86. The molecule has 0 radical (unpaired) electrons. The summed E-state index contributed by atoms with van der Waals surface area (Å²) >= 11 is 0. The first kappa shape index (κ1) is 12.1. The van der Waals surface area contributed by atoms with Gasteiger partial charge in [-0.3, -0.25) is 9.69 Å². The zero-order valence-electron chi connectivity index (χ0n) is 10.6. The average molecular weight is 232 g/mol. The van der Waals surface area contributed by atoms with E-state index >= 15 is 0 Å². The van der Waals surface area contributed by atoms with E-state index in [0.29, 0.717) is 6.04 Å². The van der Waals surface area contributed by atoms with Gasteiger partial charge in [0, 0.05) is 31.2 Å². The number of hydrogen-bond donors (Lipinski definition) is 0. The van der Waals surface area contributed by atoms with Crippen LogP contribution in [0.4, 0.5) is 0 Å². The SMILES string of the molecule is CCN1CCN(C(=O)c2ccccc2)C(C)C1. The van der Waals surface area contributed by atoms with Crippen LogP contribution in [0.1, 0.15) is 24.2 Å². The minimum absolute atomic E-state index is 0.161. The van der Waals surface area contributed by atoms with Crippen LogP contribution in [0.25, 0.3) is 0 Å². The van der Waals surface area contributed by atoms with Crippen molar-refractivity contribution >= 4 is 5.91 Å². The third-order valence-electron chi connectivity index (χ3n) is 3.44. The Morgan fingerprint density at radius 3 is 2.59 bits per heavy atom. The smallest absolute Gasteiger partial charge is 0.254 e. The van der Waals surface area contributed by atoms with Crippen molar-refractivity contribution in [3.8, 4) is 0 Å². The first-order chi connectivity index (χ1) is 8.22. The maximum Gasteiger partial charge on any atom is 0.254 e. The number of piperazine rings is 1. The standard InChI is InChI=1S/C14H20N2O/c1-3-15-9-10-16(12(2)11-15)14(17)13-7-5-4-6-8-13/h4-8,12H,3,9-11H2,1-2H3. The van der Waals surface area contributed by atoms with Gasteiger partial charge in [0.05, 0.1) is 0 Å². The summed E-state index contributed by atoms with van der Waals surface area (Å²) in [6.07, 6.45) is 0. The summed E-state index contributed by atoms with van der Waals surface area (Å²) in [6.45, 7) is 8.17. The Bertz CT molecular complexity index is 377. The average Bonchev–Trinajstić information content (AvgIpc) is 2.39. The summed E-state index contributed by atoms with van der Waals surface area (Å²) < 4.78 is 0. The highest BCUT2D eigenvalue weighted by Gasteiger charge is 2.26. The number of carbonyl (C=O) groups is 1. The molecule has 1 fully saturated rings. The van der Waals surface area contributed by atoms with E-state index in [1.165, 1.54) is 0 Å². The van der Waals surface area contributed by atoms with E-state index in [1.54, 1.807) is 0 Å². The van der Waals surface area contributed by atoms with E-state index < -0.39 is 0 Å². The van der Waals surface area contributed by atoms with Crippen LogP contribution in [-0.2, 0) is 0 Å². The number of hydrogen-bond acceptors (Lipinski definition) is 2. The number of carbonyl (C=O) groups excluding carboxylic acids is 1. The van der Waals surface area contributed by atoms with Crippen LogP contribution >= 0.6 is 0 Å². The lowest BCUT2D eigenvalue weighted by molar-refractivity contribution is 0.0500. The van der Waals surface area contributed by atoms with Crippen LogP contribution in [0.15, 0.2) is 30.3 Å². The predicted molar refractivity (Wildman–Crippen MR) is 69.1 cm³/mol. The van der Waals surface area contributed by atoms with Gasteiger partial charge >= 0.3 is 0 Å². The Morgan fingerprint density at radius 1 is 1.29 bits per heavy atom. The topological polar surface area (TPSA) is 23.6 Å². The fraction of sp³-hybridized carbons (Fsp3) is 0.500. The van der Waals surface area contributed by atoms with Gasteiger partial charge in [-0.25, -0.2) is 0 Å². The molecule has 1 aliphatic heterocycles. The van der Waals surface area contributed by atoms with Crippen molar-refractivity contribution in [3.63, 3.8) is 0 Å². The first-order valence-corrected chi connectivity index (χ1v) is 6.30. The van der Waals surface area contributed by atoms with Gasteiger partial charge in [-0.2, -0.15) is 0 Å². The Morgan fingerprint density at radius 2 is 2.00 bits per heavy atom. The van der Waals surface area contributed by atoms with Gasteiger partial charge in [-0.15, -0.1) is 0 Å². The highest BCUT2D eigenvalue weighted by atomic mass is 16.2. The van der Waals surface area contributed by atoms with Crippen molar-refractivity contribution < 1.29 is 4.79 Å². The molecule has 1 unspecified atom stereocenters. The lowest BCUT2D eigenvalue weighted by Gasteiger charge is -2.39. The van der Waals surface area contributed by atoms with Crippen LogP contribution in [0.3, 0.4) is 0 Å². The van der Waals surface area contributed by atoms with Crippen molar-refractivity contribution in [2.24, 2.45) is 0 Å². The van der Waals surface area contributed by atoms with Gasteiger partial charge in [-0.1, -0.05) is 25.1 Å². The van der Waals surface area contributed by atoms with E-state index in [2.05, 4.69) is 18.7 Å². The summed E-state index contributed by atoms with van der Waals surface area (Å²) in [5.74, 6) is 0.161. The van der Waals surface area contributed by atoms with Crippen LogP contribution < -0.4 is 0 Å². The number of rotatable bonds is 2. The molecule has 1 atom stereocenters. The fourth-order valence-electron chi connectivity index (χ4n) is 2.37. The summed E-state index contributed by atoms with van der Waals surface area (Å²) in [7, 11) is 0. The highest BCUT2D eigenvalue weighted by molar-refractivity contribution is 5.94. The Balaban J connectivity index is 2.06. The van der Waals surface area contributed by atoms with Crippen molar-refractivity contribution in [1.29, 1.82) is 0 Å². The second-order valence-electron chi connectivity index (χ2n) is 4.61. The normalized spacial score (nSPS) is 21.5. The molecule has 0 aromatic heterocycles. The molecule has 2 rings (SSSR count). The Hall–Kier alpha value is -1.35. The molecule has 3 heteroatoms.